The molecule has 0 spiro atoms. The van der Waals surface area contributed by atoms with E-state index in [9.17, 15) is 0 Å². The maximum absolute atomic E-state index is 5.54. The molecule has 1 unspecified atom stereocenters. The first-order chi connectivity index (χ1) is 6.33. The fraction of sp³-hybridized carbons (Fsp3) is 0.700. The van der Waals surface area contributed by atoms with Gasteiger partial charge in [-0.05, 0) is 25.2 Å². The van der Waals surface area contributed by atoms with Crippen LogP contribution in [-0.4, -0.2) is 9.97 Å². The van der Waals surface area contributed by atoms with Crippen LogP contribution in [0.2, 0.25) is 0 Å². The van der Waals surface area contributed by atoms with E-state index in [0.717, 1.165) is 18.2 Å². The SMILES string of the molecule is CCC1CCc2nc(CN)[nH]c2C1. The van der Waals surface area contributed by atoms with Gasteiger partial charge in [0.25, 0.3) is 0 Å². The minimum absolute atomic E-state index is 0.532. The summed E-state index contributed by atoms with van der Waals surface area (Å²) >= 11 is 0. The van der Waals surface area contributed by atoms with Crippen molar-refractivity contribution in [1.29, 1.82) is 0 Å². The Morgan fingerprint density at radius 2 is 2.46 bits per heavy atom. The number of aromatic nitrogens is 2. The Kier molecular flexibility index (Phi) is 2.36. The van der Waals surface area contributed by atoms with Crippen molar-refractivity contribution in [2.75, 3.05) is 0 Å². The van der Waals surface area contributed by atoms with Crippen molar-refractivity contribution in [3.8, 4) is 0 Å². The van der Waals surface area contributed by atoms with E-state index >= 15 is 0 Å². The number of aryl methyl sites for hydroxylation is 1. The summed E-state index contributed by atoms with van der Waals surface area (Å²) < 4.78 is 0. The van der Waals surface area contributed by atoms with E-state index in [0.29, 0.717) is 6.54 Å². The van der Waals surface area contributed by atoms with Crippen LogP contribution < -0.4 is 5.73 Å². The smallest absolute Gasteiger partial charge is 0.120 e. The van der Waals surface area contributed by atoms with Crippen molar-refractivity contribution in [2.24, 2.45) is 11.7 Å². The first-order valence-electron chi connectivity index (χ1n) is 5.10. The highest BCUT2D eigenvalue weighted by atomic mass is 15.0. The van der Waals surface area contributed by atoms with Gasteiger partial charge in [-0.15, -0.1) is 0 Å². The highest BCUT2D eigenvalue weighted by Crippen LogP contribution is 2.25. The standard InChI is InChI=1S/C10H17N3/c1-2-7-3-4-8-9(5-7)13-10(6-11)12-8/h7H,2-6,11H2,1H3,(H,12,13). The number of hydrogen-bond donors (Lipinski definition) is 2. The molecule has 0 saturated heterocycles. The Bertz CT molecular complexity index is 290. The number of imidazole rings is 1. The van der Waals surface area contributed by atoms with Crippen LogP contribution in [0.5, 0.6) is 0 Å². The molecular weight excluding hydrogens is 162 g/mol. The van der Waals surface area contributed by atoms with Crippen LogP contribution in [-0.2, 0) is 19.4 Å². The second-order valence-electron chi connectivity index (χ2n) is 3.83. The van der Waals surface area contributed by atoms with Gasteiger partial charge in [-0.1, -0.05) is 13.3 Å². The van der Waals surface area contributed by atoms with Crippen molar-refractivity contribution in [1.82, 2.24) is 9.97 Å². The fourth-order valence-electron chi connectivity index (χ4n) is 2.06. The second-order valence-corrected chi connectivity index (χ2v) is 3.83. The first-order valence-corrected chi connectivity index (χ1v) is 5.10. The highest BCUT2D eigenvalue weighted by molar-refractivity contribution is 5.18. The van der Waals surface area contributed by atoms with Crippen molar-refractivity contribution >= 4 is 0 Å². The average molecular weight is 179 g/mol. The van der Waals surface area contributed by atoms with Gasteiger partial charge in [0.05, 0.1) is 12.2 Å². The molecule has 3 nitrogen and oxygen atoms in total. The summed E-state index contributed by atoms with van der Waals surface area (Å²) in [7, 11) is 0. The van der Waals surface area contributed by atoms with Gasteiger partial charge in [-0.2, -0.15) is 0 Å². The third-order valence-corrected chi connectivity index (χ3v) is 2.97. The zero-order valence-electron chi connectivity index (χ0n) is 8.14. The normalized spacial score (nSPS) is 21.5. The zero-order chi connectivity index (χ0) is 9.26. The van der Waals surface area contributed by atoms with E-state index in [1.54, 1.807) is 0 Å². The van der Waals surface area contributed by atoms with Crippen LogP contribution in [0.25, 0.3) is 0 Å². The number of nitrogens with zero attached hydrogens (tertiary/aromatic N) is 1. The van der Waals surface area contributed by atoms with Crippen LogP contribution in [0.4, 0.5) is 0 Å². The molecule has 1 aliphatic rings. The lowest BCUT2D eigenvalue weighted by Gasteiger charge is -2.19. The molecule has 0 aliphatic heterocycles. The maximum atomic E-state index is 5.54. The number of H-pyrrole nitrogens is 1. The minimum Gasteiger partial charge on any atom is -0.345 e. The van der Waals surface area contributed by atoms with Gasteiger partial charge >= 0.3 is 0 Å². The largest absolute Gasteiger partial charge is 0.345 e. The molecule has 0 fully saturated rings. The van der Waals surface area contributed by atoms with E-state index in [4.69, 9.17) is 5.73 Å². The third-order valence-electron chi connectivity index (χ3n) is 2.97. The Balaban J connectivity index is 2.19. The molecule has 1 atom stereocenters. The van der Waals surface area contributed by atoms with Gasteiger partial charge in [-0.3, -0.25) is 0 Å². The predicted molar refractivity (Wildman–Crippen MR) is 52.3 cm³/mol. The Morgan fingerprint density at radius 1 is 1.62 bits per heavy atom. The summed E-state index contributed by atoms with van der Waals surface area (Å²) in [6, 6.07) is 0. The lowest BCUT2D eigenvalue weighted by atomic mass is 9.88. The number of fused-ring (bicyclic) bond motifs is 1. The predicted octanol–water partition coefficient (Wildman–Crippen LogP) is 1.38. The molecule has 1 aliphatic carbocycles. The molecule has 0 bridgehead atoms. The Morgan fingerprint density at radius 3 is 3.15 bits per heavy atom. The van der Waals surface area contributed by atoms with Gasteiger partial charge in [0, 0.05) is 5.69 Å². The quantitative estimate of drug-likeness (QED) is 0.720. The van der Waals surface area contributed by atoms with E-state index in [-0.39, 0.29) is 0 Å². The average Bonchev–Trinajstić information content (AvgIpc) is 2.58. The number of nitrogens with two attached hydrogens (primary N) is 1. The lowest BCUT2D eigenvalue weighted by Crippen LogP contribution is -2.12. The van der Waals surface area contributed by atoms with Gasteiger partial charge in [0.2, 0.25) is 0 Å². The molecule has 1 heterocycles. The van der Waals surface area contributed by atoms with E-state index in [1.165, 1.54) is 30.7 Å². The molecule has 3 heteroatoms. The van der Waals surface area contributed by atoms with Gasteiger partial charge < -0.3 is 10.7 Å². The third kappa shape index (κ3) is 1.61. The molecule has 0 radical (unpaired) electrons. The maximum Gasteiger partial charge on any atom is 0.120 e. The van der Waals surface area contributed by atoms with Crippen molar-refractivity contribution in [2.45, 2.75) is 39.2 Å². The molecule has 1 aromatic rings. The summed E-state index contributed by atoms with van der Waals surface area (Å²) in [6.45, 7) is 2.79. The number of aromatic amines is 1. The van der Waals surface area contributed by atoms with Crippen LogP contribution in [0.3, 0.4) is 0 Å². The summed E-state index contributed by atoms with van der Waals surface area (Å²) in [4.78, 5) is 7.77. The van der Waals surface area contributed by atoms with E-state index in [2.05, 4.69) is 16.9 Å². The second kappa shape index (κ2) is 3.50. The summed E-state index contributed by atoms with van der Waals surface area (Å²) in [6.07, 6.45) is 4.86. The molecule has 0 saturated carbocycles. The number of rotatable bonds is 2. The van der Waals surface area contributed by atoms with Crippen molar-refractivity contribution < 1.29 is 0 Å². The van der Waals surface area contributed by atoms with Crippen LogP contribution in [0.1, 0.15) is 37.0 Å². The van der Waals surface area contributed by atoms with Gasteiger partial charge in [0.1, 0.15) is 5.82 Å². The summed E-state index contributed by atoms with van der Waals surface area (Å²) in [5.74, 6) is 1.79. The molecule has 2 rings (SSSR count). The van der Waals surface area contributed by atoms with E-state index in [1.807, 2.05) is 0 Å². The lowest BCUT2D eigenvalue weighted by molar-refractivity contribution is 0.438. The van der Waals surface area contributed by atoms with Gasteiger partial charge in [-0.25, -0.2) is 4.98 Å². The van der Waals surface area contributed by atoms with E-state index < -0.39 is 0 Å². The van der Waals surface area contributed by atoms with Crippen LogP contribution >= 0.6 is 0 Å². The molecular formula is C10H17N3. The summed E-state index contributed by atoms with van der Waals surface area (Å²) in [5.41, 5.74) is 8.12. The Hall–Kier alpha value is -0.830. The van der Waals surface area contributed by atoms with Crippen molar-refractivity contribution in [3.05, 3.63) is 17.2 Å². The highest BCUT2D eigenvalue weighted by Gasteiger charge is 2.20. The van der Waals surface area contributed by atoms with Crippen molar-refractivity contribution in [3.63, 3.8) is 0 Å². The number of hydrogen-bond acceptors (Lipinski definition) is 2. The molecule has 0 amide bonds. The van der Waals surface area contributed by atoms with Gasteiger partial charge in [0.15, 0.2) is 0 Å². The van der Waals surface area contributed by atoms with Crippen LogP contribution in [0.15, 0.2) is 0 Å². The topological polar surface area (TPSA) is 54.7 Å². The molecule has 3 N–H and O–H groups in total. The fourth-order valence-corrected chi connectivity index (χ4v) is 2.06. The van der Waals surface area contributed by atoms with Crippen LogP contribution in [0, 0.1) is 5.92 Å². The summed E-state index contributed by atoms with van der Waals surface area (Å²) in [5, 5.41) is 0. The monoisotopic (exact) mass is 179 g/mol. The molecule has 72 valence electrons. The minimum atomic E-state index is 0.532. The first kappa shape index (κ1) is 8.75. The molecule has 1 aromatic heterocycles. The zero-order valence-corrected chi connectivity index (χ0v) is 8.14. The molecule has 13 heavy (non-hydrogen) atoms. The molecule has 0 aromatic carbocycles. The Labute approximate surface area is 78.7 Å². The number of nitrogens with one attached hydrogen (secondary N) is 1.